The molecular formula is C16H17N3O3. The quantitative estimate of drug-likeness (QED) is 0.549. The van der Waals surface area contributed by atoms with Gasteiger partial charge in [-0.25, -0.2) is 0 Å². The Morgan fingerprint density at radius 3 is 2.23 bits per heavy atom. The standard InChI is InChI=1S/C16H17N3O3/c20-17-13-9-6-11-14(18-21)12(13)8-16(7-9,15(11)19-22)10-4-2-1-3-5-10/h1-5,9,11-12,20-22H,6-8H2/b17-13-,18-14+,19-15?. The number of oxime groups is 3. The van der Waals surface area contributed by atoms with Gasteiger partial charge in [-0.15, -0.1) is 0 Å². The number of hydrogen-bond donors (Lipinski definition) is 3. The summed E-state index contributed by atoms with van der Waals surface area (Å²) in [6.07, 6.45) is 2.05. The highest BCUT2D eigenvalue weighted by Gasteiger charge is 2.62. The molecule has 4 atom stereocenters. The minimum absolute atomic E-state index is 0.130. The van der Waals surface area contributed by atoms with Gasteiger partial charge in [0.2, 0.25) is 0 Å². The summed E-state index contributed by atoms with van der Waals surface area (Å²) in [5.41, 5.74) is 2.68. The molecule has 4 aliphatic carbocycles. The average molecular weight is 299 g/mol. The van der Waals surface area contributed by atoms with Crippen LogP contribution in [0, 0.1) is 17.8 Å². The topological polar surface area (TPSA) is 97.8 Å². The molecule has 6 nitrogen and oxygen atoms in total. The molecule has 0 spiro atoms. The molecule has 5 rings (SSSR count). The molecule has 0 aliphatic heterocycles. The molecule has 4 unspecified atom stereocenters. The Morgan fingerprint density at radius 2 is 1.59 bits per heavy atom. The van der Waals surface area contributed by atoms with E-state index in [9.17, 15) is 15.6 Å². The fourth-order valence-electron chi connectivity index (χ4n) is 4.85. The van der Waals surface area contributed by atoms with E-state index in [1.54, 1.807) is 0 Å². The van der Waals surface area contributed by atoms with Gasteiger partial charge in [0.05, 0.1) is 17.1 Å². The van der Waals surface area contributed by atoms with Gasteiger partial charge in [0, 0.05) is 23.2 Å². The molecule has 1 aromatic rings. The largest absolute Gasteiger partial charge is 0.411 e. The minimum atomic E-state index is -0.364. The van der Waals surface area contributed by atoms with Crippen LogP contribution in [0.4, 0.5) is 0 Å². The van der Waals surface area contributed by atoms with Crippen molar-refractivity contribution in [3.63, 3.8) is 0 Å². The Hall–Kier alpha value is -2.37. The fraction of sp³-hybridized carbons (Fsp3) is 0.438. The van der Waals surface area contributed by atoms with E-state index in [1.165, 1.54) is 0 Å². The number of hydrogen-bond acceptors (Lipinski definition) is 6. The van der Waals surface area contributed by atoms with E-state index in [1.807, 2.05) is 30.3 Å². The molecule has 4 saturated carbocycles. The van der Waals surface area contributed by atoms with Gasteiger partial charge in [0.15, 0.2) is 0 Å². The van der Waals surface area contributed by atoms with Crippen molar-refractivity contribution >= 4 is 17.1 Å². The highest BCUT2D eigenvalue weighted by Crippen LogP contribution is 2.57. The molecule has 0 saturated heterocycles. The van der Waals surface area contributed by atoms with E-state index >= 15 is 0 Å². The van der Waals surface area contributed by atoms with Crippen LogP contribution < -0.4 is 0 Å². The van der Waals surface area contributed by atoms with Crippen LogP contribution in [0.2, 0.25) is 0 Å². The number of nitrogens with zero attached hydrogens (tertiary/aromatic N) is 3. The van der Waals surface area contributed by atoms with Gasteiger partial charge in [-0.1, -0.05) is 45.8 Å². The second kappa shape index (κ2) is 4.56. The number of benzene rings is 1. The SMILES string of the molecule is ON=C1C2CC3CC1(c1ccccc1)CC(/C3=N\O)/C2=N/O. The Balaban J connectivity index is 1.92. The smallest absolute Gasteiger partial charge is 0.0765 e. The third kappa shape index (κ3) is 1.47. The molecule has 4 bridgehead atoms. The summed E-state index contributed by atoms with van der Waals surface area (Å²) in [5, 5.41) is 38.9. The Labute approximate surface area is 127 Å². The molecule has 0 aromatic heterocycles. The van der Waals surface area contributed by atoms with Crippen LogP contribution in [0.25, 0.3) is 0 Å². The lowest BCUT2D eigenvalue weighted by atomic mass is 9.45. The second-order valence-corrected chi connectivity index (χ2v) is 6.43. The summed E-state index contributed by atoms with van der Waals surface area (Å²) in [4.78, 5) is 0. The van der Waals surface area contributed by atoms with E-state index in [-0.39, 0.29) is 23.2 Å². The highest BCUT2D eigenvalue weighted by atomic mass is 16.4. The van der Waals surface area contributed by atoms with Gasteiger partial charge < -0.3 is 15.6 Å². The molecule has 114 valence electrons. The molecule has 4 aliphatic rings. The summed E-state index contributed by atoms with van der Waals surface area (Å²) < 4.78 is 0. The van der Waals surface area contributed by atoms with Crippen molar-refractivity contribution in [1.82, 2.24) is 0 Å². The van der Waals surface area contributed by atoms with Crippen LogP contribution in [0.15, 0.2) is 45.8 Å². The summed E-state index contributed by atoms with van der Waals surface area (Å²) in [7, 11) is 0. The Morgan fingerprint density at radius 1 is 0.864 bits per heavy atom. The zero-order valence-electron chi connectivity index (χ0n) is 11.9. The predicted molar refractivity (Wildman–Crippen MR) is 80.1 cm³/mol. The van der Waals surface area contributed by atoms with E-state index in [0.717, 1.165) is 12.0 Å². The van der Waals surface area contributed by atoms with Crippen molar-refractivity contribution in [2.45, 2.75) is 24.7 Å². The highest BCUT2D eigenvalue weighted by molar-refractivity contribution is 6.25. The van der Waals surface area contributed by atoms with Crippen molar-refractivity contribution in [3.8, 4) is 0 Å². The molecule has 0 amide bonds. The molecule has 4 fully saturated rings. The zero-order valence-corrected chi connectivity index (χ0v) is 11.9. The van der Waals surface area contributed by atoms with Crippen molar-refractivity contribution in [1.29, 1.82) is 0 Å². The van der Waals surface area contributed by atoms with Crippen LogP contribution in [0.3, 0.4) is 0 Å². The molecule has 3 N–H and O–H groups in total. The van der Waals surface area contributed by atoms with E-state index in [4.69, 9.17) is 0 Å². The van der Waals surface area contributed by atoms with Gasteiger partial charge >= 0.3 is 0 Å². The molecule has 0 heterocycles. The van der Waals surface area contributed by atoms with Crippen LogP contribution >= 0.6 is 0 Å². The average Bonchev–Trinajstić information content (AvgIpc) is 2.56. The molecular weight excluding hydrogens is 282 g/mol. The van der Waals surface area contributed by atoms with Gasteiger partial charge in [0.1, 0.15) is 0 Å². The van der Waals surface area contributed by atoms with Crippen LogP contribution in [-0.2, 0) is 5.41 Å². The third-order valence-corrected chi connectivity index (χ3v) is 5.64. The van der Waals surface area contributed by atoms with Crippen LogP contribution in [0.1, 0.15) is 24.8 Å². The summed E-state index contributed by atoms with van der Waals surface area (Å²) in [6, 6.07) is 10.0. The predicted octanol–water partition coefficient (Wildman–Crippen LogP) is 2.47. The van der Waals surface area contributed by atoms with E-state index < -0.39 is 0 Å². The first kappa shape index (κ1) is 13.3. The summed E-state index contributed by atoms with van der Waals surface area (Å²) in [6.45, 7) is 0. The van der Waals surface area contributed by atoms with Crippen LogP contribution in [0.5, 0.6) is 0 Å². The van der Waals surface area contributed by atoms with Gasteiger partial charge in [-0.3, -0.25) is 0 Å². The maximum Gasteiger partial charge on any atom is 0.0765 e. The van der Waals surface area contributed by atoms with E-state index in [0.29, 0.717) is 30.0 Å². The lowest BCUT2D eigenvalue weighted by Gasteiger charge is -2.56. The lowest BCUT2D eigenvalue weighted by molar-refractivity contribution is 0.231. The van der Waals surface area contributed by atoms with Gasteiger partial charge in [0.25, 0.3) is 0 Å². The Bertz CT molecular complexity index is 694. The second-order valence-electron chi connectivity index (χ2n) is 6.43. The lowest BCUT2D eigenvalue weighted by Crippen LogP contribution is -2.63. The van der Waals surface area contributed by atoms with Crippen molar-refractivity contribution in [2.75, 3.05) is 0 Å². The maximum absolute atomic E-state index is 9.63. The zero-order chi connectivity index (χ0) is 15.3. The minimum Gasteiger partial charge on any atom is -0.411 e. The molecule has 1 aromatic carbocycles. The maximum atomic E-state index is 9.63. The normalized spacial score (nSPS) is 41.6. The van der Waals surface area contributed by atoms with Crippen molar-refractivity contribution < 1.29 is 15.6 Å². The van der Waals surface area contributed by atoms with Gasteiger partial charge in [-0.05, 0) is 24.8 Å². The van der Waals surface area contributed by atoms with Crippen molar-refractivity contribution in [2.24, 2.45) is 33.2 Å². The van der Waals surface area contributed by atoms with Crippen molar-refractivity contribution in [3.05, 3.63) is 35.9 Å². The first-order valence-electron chi connectivity index (χ1n) is 7.46. The van der Waals surface area contributed by atoms with Crippen LogP contribution in [-0.4, -0.2) is 32.8 Å². The first-order valence-corrected chi connectivity index (χ1v) is 7.46. The first-order chi connectivity index (χ1) is 10.7. The van der Waals surface area contributed by atoms with Gasteiger partial charge in [-0.2, -0.15) is 0 Å². The molecule has 6 heteroatoms. The Kier molecular flexibility index (Phi) is 2.76. The third-order valence-electron chi connectivity index (χ3n) is 5.64. The fourth-order valence-corrected chi connectivity index (χ4v) is 4.85. The number of rotatable bonds is 1. The monoisotopic (exact) mass is 299 g/mol. The van der Waals surface area contributed by atoms with E-state index in [2.05, 4.69) is 15.5 Å². The molecule has 22 heavy (non-hydrogen) atoms. The molecule has 0 radical (unpaired) electrons. The summed E-state index contributed by atoms with van der Waals surface area (Å²) in [5.74, 6) is -0.235. The summed E-state index contributed by atoms with van der Waals surface area (Å²) >= 11 is 0.